The van der Waals surface area contributed by atoms with E-state index >= 15 is 0 Å². The fraction of sp³-hybridized carbons (Fsp3) is 0.316. The van der Waals surface area contributed by atoms with E-state index in [1.807, 2.05) is 4.90 Å². The van der Waals surface area contributed by atoms with Crippen LogP contribution in [0.15, 0.2) is 36.5 Å². The molecule has 6 nitrogen and oxygen atoms in total. The molecule has 1 fully saturated rings. The summed E-state index contributed by atoms with van der Waals surface area (Å²) in [5.41, 5.74) is 1.87. The van der Waals surface area contributed by atoms with Crippen molar-refractivity contribution >= 4 is 16.9 Å². The van der Waals surface area contributed by atoms with Crippen molar-refractivity contribution in [3.63, 3.8) is 0 Å². The molecular weight excluding hydrogens is 335 g/mol. The van der Waals surface area contributed by atoms with Crippen LogP contribution < -0.4 is 4.74 Å². The first-order valence-corrected chi connectivity index (χ1v) is 8.62. The van der Waals surface area contributed by atoms with Gasteiger partial charge in [0, 0.05) is 24.4 Å². The van der Waals surface area contributed by atoms with Crippen molar-refractivity contribution in [1.29, 1.82) is 0 Å². The number of halogens is 1. The molecule has 1 aromatic carbocycles. The third-order valence-corrected chi connectivity index (χ3v) is 4.73. The van der Waals surface area contributed by atoms with Crippen LogP contribution in [0.2, 0.25) is 0 Å². The summed E-state index contributed by atoms with van der Waals surface area (Å²) in [6.07, 6.45) is 4.34. The molecule has 0 unspecified atom stereocenters. The molecule has 2 aromatic heterocycles. The van der Waals surface area contributed by atoms with Crippen molar-refractivity contribution in [1.82, 2.24) is 19.9 Å². The van der Waals surface area contributed by atoms with Gasteiger partial charge in [-0.1, -0.05) is 0 Å². The third kappa shape index (κ3) is 3.00. The fourth-order valence-corrected chi connectivity index (χ4v) is 3.44. The first-order chi connectivity index (χ1) is 12.7. The van der Waals surface area contributed by atoms with E-state index < -0.39 is 0 Å². The maximum atomic E-state index is 13.5. The van der Waals surface area contributed by atoms with E-state index in [-0.39, 0.29) is 17.8 Å². The Morgan fingerprint density at radius 3 is 3.04 bits per heavy atom. The van der Waals surface area contributed by atoms with Gasteiger partial charge in [0.15, 0.2) is 0 Å². The molecule has 1 atom stereocenters. The van der Waals surface area contributed by atoms with Gasteiger partial charge in [-0.2, -0.15) is 0 Å². The van der Waals surface area contributed by atoms with Gasteiger partial charge in [0.1, 0.15) is 11.6 Å². The lowest BCUT2D eigenvalue weighted by Crippen LogP contribution is -2.39. The van der Waals surface area contributed by atoms with E-state index in [1.165, 1.54) is 19.2 Å². The number of imidazole rings is 1. The van der Waals surface area contributed by atoms with Crippen molar-refractivity contribution in [2.45, 2.75) is 25.3 Å². The number of carbonyl (C=O) groups is 1. The van der Waals surface area contributed by atoms with Crippen LogP contribution in [0.25, 0.3) is 11.0 Å². The standard InChI is InChI=1S/C19H19FN4O2/c1-26-17-10-12(7-8-21-17)19(25)24-9-3-2-4-16(24)18-22-14-6-5-13(20)11-15(14)23-18/h5-8,10-11,16H,2-4,9H2,1H3,(H,22,23)/t16-/m0/s1. The van der Waals surface area contributed by atoms with Crippen LogP contribution >= 0.6 is 0 Å². The van der Waals surface area contributed by atoms with Crippen LogP contribution in [-0.4, -0.2) is 39.4 Å². The Morgan fingerprint density at radius 1 is 1.31 bits per heavy atom. The van der Waals surface area contributed by atoms with Crippen molar-refractivity contribution in [3.05, 3.63) is 53.7 Å². The lowest BCUT2D eigenvalue weighted by atomic mass is 10.0. The summed E-state index contributed by atoms with van der Waals surface area (Å²) >= 11 is 0. The smallest absolute Gasteiger partial charge is 0.254 e. The quantitative estimate of drug-likeness (QED) is 0.782. The molecular formula is C19H19FN4O2. The van der Waals surface area contributed by atoms with E-state index in [0.717, 1.165) is 19.3 Å². The molecule has 0 radical (unpaired) electrons. The highest BCUT2D eigenvalue weighted by molar-refractivity contribution is 5.94. The lowest BCUT2D eigenvalue weighted by Gasteiger charge is -2.34. The summed E-state index contributed by atoms with van der Waals surface area (Å²) in [6, 6.07) is 7.62. The SMILES string of the molecule is COc1cc(C(=O)N2CCCC[C@H]2c2nc3ccc(F)cc3[nH]2)ccn1. The van der Waals surface area contributed by atoms with Gasteiger partial charge in [0.25, 0.3) is 5.91 Å². The Hall–Kier alpha value is -2.96. The maximum absolute atomic E-state index is 13.5. The second kappa shape index (κ2) is 6.74. The van der Waals surface area contributed by atoms with Crippen LogP contribution in [0.4, 0.5) is 4.39 Å². The Kier molecular flexibility index (Phi) is 4.28. The van der Waals surface area contributed by atoms with Gasteiger partial charge >= 0.3 is 0 Å². The van der Waals surface area contributed by atoms with E-state index in [0.29, 0.717) is 34.8 Å². The number of amides is 1. The molecule has 0 spiro atoms. The minimum absolute atomic E-state index is 0.0814. The third-order valence-electron chi connectivity index (χ3n) is 4.73. The molecule has 3 heterocycles. The Labute approximate surface area is 150 Å². The number of H-pyrrole nitrogens is 1. The number of aromatic amines is 1. The number of ether oxygens (including phenoxy) is 1. The molecule has 1 amide bonds. The molecule has 26 heavy (non-hydrogen) atoms. The van der Waals surface area contributed by atoms with Crippen LogP contribution in [0, 0.1) is 5.82 Å². The summed E-state index contributed by atoms with van der Waals surface area (Å²) in [4.78, 5) is 26.7. The fourth-order valence-electron chi connectivity index (χ4n) is 3.44. The zero-order chi connectivity index (χ0) is 18.1. The molecule has 3 aromatic rings. The van der Waals surface area contributed by atoms with Gasteiger partial charge in [-0.15, -0.1) is 0 Å². The first kappa shape index (κ1) is 16.5. The van der Waals surface area contributed by atoms with E-state index in [2.05, 4.69) is 15.0 Å². The average Bonchev–Trinajstić information content (AvgIpc) is 3.10. The molecule has 7 heteroatoms. The number of aromatic nitrogens is 3. The number of hydrogen-bond acceptors (Lipinski definition) is 4. The molecule has 1 N–H and O–H groups in total. The molecule has 134 valence electrons. The molecule has 1 aliphatic rings. The van der Waals surface area contributed by atoms with Gasteiger partial charge < -0.3 is 14.6 Å². The van der Waals surface area contributed by atoms with Crippen molar-refractivity contribution < 1.29 is 13.9 Å². The second-order valence-electron chi connectivity index (χ2n) is 6.38. The minimum atomic E-state index is -0.312. The molecule has 0 aliphatic carbocycles. The summed E-state index contributed by atoms with van der Waals surface area (Å²) in [5.74, 6) is 0.707. The van der Waals surface area contributed by atoms with Crippen LogP contribution in [0.3, 0.4) is 0 Å². The van der Waals surface area contributed by atoms with Crippen molar-refractivity contribution in [3.8, 4) is 5.88 Å². The van der Waals surface area contributed by atoms with Crippen LogP contribution in [0.1, 0.15) is 41.5 Å². The molecule has 0 bridgehead atoms. The minimum Gasteiger partial charge on any atom is -0.481 e. The zero-order valence-corrected chi connectivity index (χ0v) is 14.4. The molecule has 0 saturated carbocycles. The largest absolute Gasteiger partial charge is 0.481 e. The molecule has 4 rings (SSSR count). The number of hydrogen-bond donors (Lipinski definition) is 1. The Bertz CT molecular complexity index is 956. The molecule has 1 saturated heterocycles. The van der Waals surface area contributed by atoms with Crippen LogP contribution in [0.5, 0.6) is 5.88 Å². The normalized spacial score (nSPS) is 17.5. The zero-order valence-electron chi connectivity index (χ0n) is 14.4. The van der Waals surface area contributed by atoms with Crippen molar-refractivity contribution in [2.75, 3.05) is 13.7 Å². The second-order valence-corrected chi connectivity index (χ2v) is 6.38. The number of pyridine rings is 1. The molecule has 1 aliphatic heterocycles. The highest BCUT2D eigenvalue weighted by Crippen LogP contribution is 2.32. The van der Waals surface area contributed by atoms with Gasteiger partial charge in [-0.05, 0) is 43.5 Å². The Balaban J connectivity index is 1.67. The maximum Gasteiger partial charge on any atom is 0.254 e. The number of rotatable bonds is 3. The summed E-state index contributed by atoms with van der Waals surface area (Å²) in [5, 5.41) is 0. The predicted octanol–water partition coefficient (Wildman–Crippen LogP) is 3.47. The number of piperidine rings is 1. The summed E-state index contributed by atoms with van der Waals surface area (Å²) < 4.78 is 18.6. The summed E-state index contributed by atoms with van der Waals surface area (Å²) in [6.45, 7) is 0.652. The number of fused-ring (bicyclic) bond motifs is 1. The van der Waals surface area contributed by atoms with Gasteiger partial charge in [-0.25, -0.2) is 14.4 Å². The van der Waals surface area contributed by atoms with E-state index in [4.69, 9.17) is 4.74 Å². The lowest BCUT2D eigenvalue weighted by molar-refractivity contribution is 0.0601. The number of nitrogens with zero attached hydrogens (tertiary/aromatic N) is 3. The predicted molar refractivity (Wildman–Crippen MR) is 94.5 cm³/mol. The Morgan fingerprint density at radius 2 is 2.19 bits per heavy atom. The number of benzene rings is 1. The van der Waals surface area contributed by atoms with Gasteiger partial charge in [0.2, 0.25) is 5.88 Å². The van der Waals surface area contributed by atoms with E-state index in [9.17, 15) is 9.18 Å². The van der Waals surface area contributed by atoms with Gasteiger partial charge in [-0.3, -0.25) is 4.79 Å². The number of carbonyl (C=O) groups excluding carboxylic acids is 1. The first-order valence-electron chi connectivity index (χ1n) is 8.62. The average molecular weight is 354 g/mol. The monoisotopic (exact) mass is 354 g/mol. The number of methoxy groups -OCH3 is 1. The van der Waals surface area contributed by atoms with Gasteiger partial charge in [0.05, 0.1) is 24.2 Å². The number of nitrogens with one attached hydrogen (secondary N) is 1. The van der Waals surface area contributed by atoms with E-state index in [1.54, 1.807) is 24.4 Å². The van der Waals surface area contributed by atoms with Crippen LogP contribution in [-0.2, 0) is 0 Å². The highest BCUT2D eigenvalue weighted by atomic mass is 19.1. The van der Waals surface area contributed by atoms with Crippen molar-refractivity contribution in [2.24, 2.45) is 0 Å². The topological polar surface area (TPSA) is 71.1 Å². The highest BCUT2D eigenvalue weighted by Gasteiger charge is 2.31. The number of likely N-dealkylation sites (tertiary alicyclic amines) is 1. The summed E-state index contributed by atoms with van der Waals surface area (Å²) in [7, 11) is 1.52.